The Kier molecular flexibility index (Phi) is 8.79. The molecule has 0 unspecified atom stereocenters. The van der Waals surface area contributed by atoms with E-state index in [0.29, 0.717) is 22.2 Å². The van der Waals surface area contributed by atoms with E-state index in [2.05, 4.69) is 5.32 Å². The van der Waals surface area contributed by atoms with Crippen molar-refractivity contribution in [3.63, 3.8) is 0 Å². The average Bonchev–Trinajstić information content (AvgIpc) is 3.02. The predicted molar refractivity (Wildman–Crippen MR) is 134 cm³/mol. The zero-order valence-corrected chi connectivity index (χ0v) is 21.8. The first-order valence-electron chi connectivity index (χ1n) is 11.3. The van der Waals surface area contributed by atoms with E-state index in [1.165, 1.54) is 17.0 Å². The van der Waals surface area contributed by atoms with Crippen LogP contribution in [0.15, 0.2) is 47.4 Å². The second-order valence-corrected chi connectivity index (χ2v) is 10.8. The average molecular weight is 540 g/mol. The van der Waals surface area contributed by atoms with Crippen LogP contribution >= 0.6 is 23.2 Å². The molecule has 0 spiro atoms. The second-order valence-electron chi connectivity index (χ2n) is 8.17. The number of amides is 3. The van der Waals surface area contributed by atoms with Gasteiger partial charge in [-0.25, -0.2) is 12.7 Å². The summed E-state index contributed by atoms with van der Waals surface area (Å²) < 4.78 is 26.3. The SMILES string of the molecule is CCCNC(=O)[C@H](C)N(Cc1c(Cl)cccc1Cl)C(=O)CCCN1C(=O)c2ccccc2S1(=O)=O. The molecule has 0 aromatic heterocycles. The van der Waals surface area contributed by atoms with Gasteiger partial charge in [0.15, 0.2) is 0 Å². The number of nitrogens with zero attached hydrogens (tertiary/aromatic N) is 2. The Morgan fingerprint density at radius 3 is 2.37 bits per heavy atom. The molecule has 1 aliphatic rings. The summed E-state index contributed by atoms with van der Waals surface area (Å²) in [6.45, 7) is 3.85. The smallest absolute Gasteiger partial charge is 0.269 e. The van der Waals surface area contributed by atoms with Crippen LogP contribution < -0.4 is 5.32 Å². The van der Waals surface area contributed by atoms with Crippen LogP contribution in [0.3, 0.4) is 0 Å². The van der Waals surface area contributed by atoms with E-state index in [0.717, 1.165) is 10.7 Å². The van der Waals surface area contributed by atoms with E-state index in [-0.39, 0.29) is 48.2 Å². The molecule has 1 heterocycles. The number of hydrogen-bond donors (Lipinski definition) is 1. The van der Waals surface area contributed by atoms with Gasteiger partial charge in [0, 0.05) is 41.7 Å². The quantitative estimate of drug-likeness (QED) is 0.493. The molecular weight excluding hydrogens is 513 g/mol. The normalized spacial score (nSPS) is 15.0. The minimum atomic E-state index is -3.95. The van der Waals surface area contributed by atoms with Gasteiger partial charge in [-0.05, 0) is 44.0 Å². The molecule has 1 N–H and O–H groups in total. The van der Waals surface area contributed by atoms with E-state index >= 15 is 0 Å². The summed E-state index contributed by atoms with van der Waals surface area (Å²) in [5.41, 5.74) is 0.627. The van der Waals surface area contributed by atoms with Crippen LogP contribution in [0.25, 0.3) is 0 Å². The number of halogens is 2. The molecule has 0 saturated heterocycles. The van der Waals surface area contributed by atoms with Crippen LogP contribution in [0, 0.1) is 0 Å². The minimum Gasteiger partial charge on any atom is -0.354 e. The van der Waals surface area contributed by atoms with Crippen molar-refractivity contribution in [3.8, 4) is 0 Å². The van der Waals surface area contributed by atoms with Crippen molar-refractivity contribution >= 4 is 50.9 Å². The Hall–Kier alpha value is -2.62. The highest BCUT2D eigenvalue weighted by atomic mass is 35.5. The fourth-order valence-electron chi connectivity index (χ4n) is 3.80. The van der Waals surface area contributed by atoms with Crippen molar-refractivity contribution in [1.82, 2.24) is 14.5 Å². The van der Waals surface area contributed by atoms with Crippen molar-refractivity contribution in [2.24, 2.45) is 0 Å². The van der Waals surface area contributed by atoms with E-state index in [9.17, 15) is 22.8 Å². The maximum absolute atomic E-state index is 13.2. The molecule has 35 heavy (non-hydrogen) atoms. The first-order valence-corrected chi connectivity index (χ1v) is 13.4. The number of fused-ring (bicyclic) bond motifs is 1. The van der Waals surface area contributed by atoms with Gasteiger partial charge < -0.3 is 10.2 Å². The Balaban J connectivity index is 1.74. The van der Waals surface area contributed by atoms with Gasteiger partial charge in [-0.3, -0.25) is 14.4 Å². The van der Waals surface area contributed by atoms with Gasteiger partial charge >= 0.3 is 0 Å². The molecule has 11 heteroatoms. The lowest BCUT2D eigenvalue weighted by molar-refractivity contribution is -0.140. The number of nitrogens with one attached hydrogen (secondary N) is 1. The van der Waals surface area contributed by atoms with Gasteiger partial charge in [-0.2, -0.15) is 0 Å². The molecule has 3 rings (SSSR count). The molecule has 0 aliphatic carbocycles. The van der Waals surface area contributed by atoms with Crippen LogP contribution in [0.5, 0.6) is 0 Å². The zero-order chi connectivity index (χ0) is 25.8. The third kappa shape index (κ3) is 5.79. The Bertz CT molecular complexity index is 1220. The van der Waals surface area contributed by atoms with Crippen LogP contribution in [0.4, 0.5) is 0 Å². The van der Waals surface area contributed by atoms with Gasteiger partial charge in [0.25, 0.3) is 15.9 Å². The highest BCUT2D eigenvalue weighted by Crippen LogP contribution is 2.30. The van der Waals surface area contributed by atoms with Gasteiger partial charge in [-0.15, -0.1) is 0 Å². The standard InChI is InChI=1S/C24H27Cl2N3O5S/c1-3-13-27-23(31)16(2)28(15-18-19(25)9-6-10-20(18)26)22(30)12-7-14-29-24(32)17-8-4-5-11-21(17)35(29,33)34/h4-6,8-11,16H,3,7,12-15H2,1-2H3,(H,27,31)/t16-/m0/s1. The van der Waals surface area contributed by atoms with E-state index < -0.39 is 22.0 Å². The fraction of sp³-hybridized carbons (Fsp3) is 0.375. The maximum atomic E-state index is 13.2. The zero-order valence-electron chi connectivity index (χ0n) is 19.5. The number of carbonyl (C=O) groups is 3. The Morgan fingerprint density at radius 2 is 1.74 bits per heavy atom. The van der Waals surface area contributed by atoms with Crippen molar-refractivity contribution in [1.29, 1.82) is 0 Å². The molecule has 0 saturated carbocycles. The van der Waals surface area contributed by atoms with E-state index in [1.807, 2.05) is 6.92 Å². The van der Waals surface area contributed by atoms with Crippen LogP contribution in [-0.4, -0.2) is 54.5 Å². The molecule has 1 aliphatic heterocycles. The number of carbonyl (C=O) groups excluding carboxylic acids is 3. The molecule has 8 nitrogen and oxygen atoms in total. The lowest BCUT2D eigenvalue weighted by atomic mass is 10.1. The van der Waals surface area contributed by atoms with Crippen LogP contribution in [0.2, 0.25) is 10.0 Å². The van der Waals surface area contributed by atoms with Crippen LogP contribution in [-0.2, 0) is 26.2 Å². The van der Waals surface area contributed by atoms with Crippen LogP contribution in [0.1, 0.15) is 49.0 Å². The molecule has 0 fully saturated rings. The monoisotopic (exact) mass is 539 g/mol. The van der Waals surface area contributed by atoms with E-state index in [1.54, 1.807) is 37.3 Å². The molecule has 3 amide bonds. The topological polar surface area (TPSA) is 104 Å². The molecule has 2 aromatic carbocycles. The third-order valence-electron chi connectivity index (χ3n) is 5.77. The molecule has 188 valence electrons. The molecular formula is C24H27Cl2N3O5S. The summed E-state index contributed by atoms with van der Waals surface area (Å²) in [6.07, 6.45) is 0.750. The van der Waals surface area contributed by atoms with Crippen molar-refractivity contribution in [3.05, 3.63) is 63.6 Å². The molecule has 0 radical (unpaired) electrons. The third-order valence-corrected chi connectivity index (χ3v) is 8.32. The number of benzene rings is 2. The fourth-order valence-corrected chi connectivity index (χ4v) is 5.93. The Morgan fingerprint density at radius 1 is 1.09 bits per heavy atom. The van der Waals surface area contributed by atoms with E-state index in [4.69, 9.17) is 23.2 Å². The predicted octanol–water partition coefficient (Wildman–Crippen LogP) is 3.86. The summed E-state index contributed by atoms with van der Waals surface area (Å²) in [5.74, 6) is -1.32. The van der Waals surface area contributed by atoms with Crippen molar-refractivity contribution in [2.75, 3.05) is 13.1 Å². The second kappa shape index (κ2) is 11.4. The summed E-state index contributed by atoms with van der Waals surface area (Å²) in [6, 6.07) is 10.2. The first-order chi connectivity index (χ1) is 16.6. The van der Waals surface area contributed by atoms with Crippen molar-refractivity contribution in [2.45, 2.75) is 50.6 Å². The largest absolute Gasteiger partial charge is 0.354 e. The molecule has 2 aromatic rings. The van der Waals surface area contributed by atoms with Gasteiger partial charge in [0.1, 0.15) is 10.9 Å². The molecule has 0 bridgehead atoms. The van der Waals surface area contributed by atoms with Gasteiger partial charge in [0.05, 0.1) is 5.56 Å². The lowest BCUT2D eigenvalue weighted by Crippen LogP contribution is -2.48. The lowest BCUT2D eigenvalue weighted by Gasteiger charge is -2.29. The Labute approximate surface area is 215 Å². The number of rotatable bonds is 10. The highest BCUT2D eigenvalue weighted by Gasteiger charge is 2.40. The summed E-state index contributed by atoms with van der Waals surface area (Å²) in [4.78, 5) is 39.8. The number of hydrogen-bond acceptors (Lipinski definition) is 5. The maximum Gasteiger partial charge on any atom is 0.269 e. The summed E-state index contributed by atoms with van der Waals surface area (Å²) in [5, 5.41) is 3.51. The summed E-state index contributed by atoms with van der Waals surface area (Å²) >= 11 is 12.6. The van der Waals surface area contributed by atoms with Gasteiger partial charge in [-0.1, -0.05) is 48.3 Å². The van der Waals surface area contributed by atoms with Gasteiger partial charge in [0.2, 0.25) is 11.8 Å². The first kappa shape index (κ1) is 27.0. The molecule has 1 atom stereocenters. The highest BCUT2D eigenvalue weighted by molar-refractivity contribution is 7.90. The summed E-state index contributed by atoms with van der Waals surface area (Å²) in [7, 11) is -3.95. The van der Waals surface area contributed by atoms with Crippen molar-refractivity contribution < 1.29 is 22.8 Å². The minimum absolute atomic E-state index is 0.00440. The number of sulfonamides is 1.